The number of hydrogen-bond donors (Lipinski definition) is 1. The number of thiophene rings is 1. The van der Waals surface area contributed by atoms with E-state index < -0.39 is 6.10 Å². The van der Waals surface area contributed by atoms with Crippen molar-refractivity contribution in [2.24, 2.45) is 0 Å². The number of rotatable bonds is 2. The highest BCUT2D eigenvalue weighted by atomic mass is 79.9. The van der Waals surface area contributed by atoms with E-state index >= 15 is 0 Å². The van der Waals surface area contributed by atoms with Gasteiger partial charge in [-0.3, -0.25) is 0 Å². The second kappa shape index (κ2) is 5.29. The number of aliphatic hydroxyl groups is 1. The van der Waals surface area contributed by atoms with Crippen LogP contribution in [0.25, 0.3) is 0 Å². The topological polar surface area (TPSA) is 20.2 Å². The summed E-state index contributed by atoms with van der Waals surface area (Å²) in [5.74, 6) is 0. The minimum absolute atomic E-state index is 0.402. The lowest BCUT2D eigenvalue weighted by molar-refractivity contribution is 0.223. The average molecular weight is 352 g/mol. The molecule has 0 aliphatic carbocycles. The van der Waals surface area contributed by atoms with Gasteiger partial charge in [-0.15, -0.1) is 11.3 Å². The summed E-state index contributed by atoms with van der Waals surface area (Å²) in [5, 5.41) is 11.2. The molecule has 0 spiro atoms. The standard InChI is InChI=1S/C12H9BrCl2OS/c1-6-5-8(13)12(17-6)11(16)7-3-2-4-9(14)10(7)15/h2-5,11,16H,1H3. The Hall–Kier alpha value is -0.0600. The highest BCUT2D eigenvalue weighted by Crippen LogP contribution is 2.39. The largest absolute Gasteiger partial charge is 0.383 e. The first-order valence-corrected chi connectivity index (χ1v) is 7.25. The Kier molecular flexibility index (Phi) is 4.16. The summed E-state index contributed by atoms with van der Waals surface area (Å²) >= 11 is 17.0. The van der Waals surface area contributed by atoms with E-state index in [1.807, 2.05) is 13.0 Å². The predicted molar refractivity (Wildman–Crippen MR) is 77.3 cm³/mol. The van der Waals surface area contributed by atoms with E-state index in [1.165, 1.54) is 11.3 Å². The molecule has 1 unspecified atom stereocenters. The molecule has 0 aliphatic heterocycles. The van der Waals surface area contributed by atoms with E-state index in [0.29, 0.717) is 15.6 Å². The quantitative estimate of drug-likeness (QED) is 0.787. The smallest absolute Gasteiger partial charge is 0.116 e. The molecule has 1 atom stereocenters. The molecule has 90 valence electrons. The SMILES string of the molecule is Cc1cc(Br)c(C(O)c2cccc(Cl)c2Cl)s1. The highest BCUT2D eigenvalue weighted by molar-refractivity contribution is 9.10. The van der Waals surface area contributed by atoms with Gasteiger partial charge in [0, 0.05) is 14.9 Å². The van der Waals surface area contributed by atoms with Crippen LogP contribution in [0, 0.1) is 6.92 Å². The first kappa shape index (κ1) is 13.4. The van der Waals surface area contributed by atoms with Crippen molar-refractivity contribution >= 4 is 50.5 Å². The Balaban J connectivity index is 2.47. The van der Waals surface area contributed by atoms with Crippen molar-refractivity contribution in [2.75, 3.05) is 0 Å². The molecule has 1 nitrogen and oxygen atoms in total. The minimum atomic E-state index is -0.755. The Morgan fingerprint density at radius 3 is 2.65 bits per heavy atom. The summed E-state index contributed by atoms with van der Waals surface area (Å²) in [7, 11) is 0. The molecule has 1 aromatic heterocycles. The van der Waals surface area contributed by atoms with Gasteiger partial charge in [0.05, 0.1) is 14.9 Å². The molecule has 2 aromatic rings. The van der Waals surface area contributed by atoms with Crippen molar-refractivity contribution in [3.05, 3.63) is 54.1 Å². The second-order valence-corrected chi connectivity index (χ2v) is 6.54. The van der Waals surface area contributed by atoms with E-state index in [2.05, 4.69) is 15.9 Å². The Morgan fingerprint density at radius 2 is 2.06 bits per heavy atom. The summed E-state index contributed by atoms with van der Waals surface area (Å²) in [6, 6.07) is 7.23. The van der Waals surface area contributed by atoms with Gasteiger partial charge >= 0.3 is 0 Å². The number of aliphatic hydroxyl groups excluding tert-OH is 1. The normalized spacial score (nSPS) is 12.8. The highest BCUT2D eigenvalue weighted by Gasteiger charge is 2.19. The van der Waals surface area contributed by atoms with Gasteiger partial charge in [-0.25, -0.2) is 0 Å². The van der Waals surface area contributed by atoms with Gasteiger partial charge in [0.1, 0.15) is 6.10 Å². The zero-order chi connectivity index (χ0) is 12.6. The zero-order valence-corrected chi connectivity index (χ0v) is 12.8. The molecule has 0 amide bonds. The molecule has 17 heavy (non-hydrogen) atoms. The molecule has 2 rings (SSSR count). The second-order valence-electron chi connectivity index (χ2n) is 3.61. The van der Waals surface area contributed by atoms with Crippen LogP contribution >= 0.6 is 50.5 Å². The van der Waals surface area contributed by atoms with Crippen LogP contribution < -0.4 is 0 Å². The van der Waals surface area contributed by atoms with Gasteiger partial charge < -0.3 is 5.11 Å². The van der Waals surface area contributed by atoms with Gasteiger partial charge in [-0.2, -0.15) is 0 Å². The maximum absolute atomic E-state index is 10.3. The van der Waals surface area contributed by atoms with Crippen LogP contribution in [-0.2, 0) is 0 Å². The lowest BCUT2D eigenvalue weighted by Gasteiger charge is -2.12. The monoisotopic (exact) mass is 350 g/mol. The van der Waals surface area contributed by atoms with Crippen molar-refractivity contribution in [2.45, 2.75) is 13.0 Å². The third-order valence-corrected chi connectivity index (χ3v) is 5.22. The molecular weight excluding hydrogens is 343 g/mol. The number of halogens is 3. The molecule has 0 aliphatic rings. The summed E-state index contributed by atoms with van der Waals surface area (Å²) in [4.78, 5) is 1.97. The van der Waals surface area contributed by atoms with Crippen LogP contribution in [0.4, 0.5) is 0 Å². The van der Waals surface area contributed by atoms with Crippen molar-refractivity contribution in [3.63, 3.8) is 0 Å². The average Bonchev–Trinajstić information content (AvgIpc) is 2.61. The van der Waals surface area contributed by atoms with Crippen LogP contribution in [-0.4, -0.2) is 5.11 Å². The predicted octanol–water partition coefficient (Wildman–Crippen LogP) is 5.21. The van der Waals surface area contributed by atoms with Crippen molar-refractivity contribution in [1.82, 2.24) is 0 Å². The third kappa shape index (κ3) is 2.69. The summed E-state index contributed by atoms with van der Waals surface area (Å²) in [6.07, 6.45) is -0.755. The minimum Gasteiger partial charge on any atom is -0.383 e. The fourth-order valence-corrected chi connectivity index (χ4v) is 3.84. The summed E-state index contributed by atoms with van der Waals surface area (Å²) < 4.78 is 0.892. The van der Waals surface area contributed by atoms with E-state index in [-0.39, 0.29) is 0 Å². The van der Waals surface area contributed by atoms with E-state index in [0.717, 1.165) is 14.2 Å². The van der Waals surface area contributed by atoms with Crippen LogP contribution in [0.3, 0.4) is 0 Å². The van der Waals surface area contributed by atoms with Crippen LogP contribution in [0.2, 0.25) is 10.0 Å². The maximum Gasteiger partial charge on any atom is 0.116 e. The first-order chi connectivity index (χ1) is 8.00. The summed E-state index contributed by atoms with van der Waals surface area (Å²) in [6.45, 7) is 1.99. The van der Waals surface area contributed by atoms with Crippen LogP contribution in [0.1, 0.15) is 21.4 Å². The molecule has 0 fully saturated rings. The summed E-state index contributed by atoms with van der Waals surface area (Å²) in [5.41, 5.74) is 0.627. The lowest BCUT2D eigenvalue weighted by Crippen LogP contribution is -1.99. The van der Waals surface area contributed by atoms with Gasteiger partial charge in [0.2, 0.25) is 0 Å². The fraction of sp³-hybridized carbons (Fsp3) is 0.167. The van der Waals surface area contributed by atoms with Gasteiger partial charge in [-0.05, 0) is 35.0 Å². The molecule has 1 N–H and O–H groups in total. The molecule has 0 saturated carbocycles. The number of hydrogen-bond acceptors (Lipinski definition) is 2. The van der Waals surface area contributed by atoms with Gasteiger partial charge in [0.15, 0.2) is 0 Å². The first-order valence-electron chi connectivity index (χ1n) is 4.88. The Bertz CT molecular complexity index is 553. The number of benzene rings is 1. The zero-order valence-electron chi connectivity index (χ0n) is 8.88. The molecule has 0 bridgehead atoms. The van der Waals surface area contributed by atoms with Crippen LogP contribution in [0.15, 0.2) is 28.7 Å². The Morgan fingerprint density at radius 1 is 1.35 bits per heavy atom. The van der Waals surface area contributed by atoms with Crippen molar-refractivity contribution < 1.29 is 5.11 Å². The molecule has 0 saturated heterocycles. The van der Waals surface area contributed by atoms with Crippen molar-refractivity contribution in [1.29, 1.82) is 0 Å². The molecule has 1 heterocycles. The van der Waals surface area contributed by atoms with Gasteiger partial charge in [0.25, 0.3) is 0 Å². The molecular formula is C12H9BrCl2OS. The van der Waals surface area contributed by atoms with Crippen molar-refractivity contribution in [3.8, 4) is 0 Å². The Labute approximate surface area is 122 Å². The molecule has 0 radical (unpaired) electrons. The maximum atomic E-state index is 10.3. The van der Waals surface area contributed by atoms with Crippen LogP contribution in [0.5, 0.6) is 0 Å². The van der Waals surface area contributed by atoms with E-state index in [4.69, 9.17) is 23.2 Å². The van der Waals surface area contributed by atoms with E-state index in [1.54, 1.807) is 18.2 Å². The lowest BCUT2D eigenvalue weighted by atomic mass is 10.1. The fourth-order valence-electron chi connectivity index (χ4n) is 1.56. The number of aryl methyl sites for hydroxylation is 1. The van der Waals surface area contributed by atoms with E-state index in [9.17, 15) is 5.11 Å². The molecule has 5 heteroatoms. The van der Waals surface area contributed by atoms with Gasteiger partial charge in [-0.1, -0.05) is 35.3 Å². The molecule has 1 aromatic carbocycles. The third-order valence-electron chi connectivity index (χ3n) is 2.36.